The molecule has 1 aromatic heterocycles. The van der Waals surface area contributed by atoms with Crippen LogP contribution >= 0.6 is 23.2 Å². The Labute approximate surface area is 121 Å². The molecule has 0 radical (unpaired) electrons. The third kappa shape index (κ3) is 3.37. The van der Waals surface area contributed by atoms with Crippen LogP contribution in [0.3, 0.4) is 0 Å². The van der Waals surface area contributed by atoms with Crippen molar-refractivity contribution >= 4 is 28.9 Å². The SMILES string of the molecule is CN(C)CCc1noc(-c2cc(Cl)cc(Cl)c2N)n1. The average molecular weight is 301 g/mol. The highest BCUT2D eigenvalue weighted by molar-refractivity contribution is 6.37. The molecule has 2 N–H and O–H groups in total. The van der Waals surface area contributed by atoms with Crippen molar-refractivity contribution in [2.75, 3.05) is 26.4 Å². The minimum atomic E-state index is 0.329. The number of anilines is 1. The first-order valence-corrected chi connectivity index (χ1v) is 6.45. The van der Waals surface area contributed by atoms with E-state index < -0.39 is 0 Å². The van der Waals surface area contributed by atoms with E-state index in [4.69, 9.17) is 33.5 Å². The fourth-order valence-corrected chi connectivity index (χ4v) is 2.04. The maximum Gasteiger partial charge on any atom is 0.260 e. The molecule has 2 rings (SSSR count). The number of nitrogens with zero attached hydrogens (tertiary/aromatic N) is 3. The minimum absolute atomic E-state index is 0.329. The smallest absolute Gasteiger partial charge is 0.260 e. The third-order valence-electron chi connectivity index (χ3n) is 2.58. The number of hydrogen-bond donors (Lipinski definition) is 1. The number of nitrogens with two attached hydrogens (primary N) is 1. The number of halogens is 2. The molecule has 7 heteroatoms. The van der Waals surface area contributed by atoms with E-state index in [-0.39, 0.29) is 0 Å². The maximum absolute atomic E-state index is 5.97. The first-order chi connectivity index (χ1) is 8.97. The van der Waals surface area contributed by atoms with Gasteiger partial charge in [-0.05, 0) is 26.2 Å². The van der Waals surface area contributed by atoms with Crippen molar-refractivity contribution < 1.29 is 4.52 Å². The van der Waals surface area contributed by atoms with Gasteiger partial charge in [0.25, 0.3) is 5.89 Å². The zero-order valence-electron chi connectivity index (χ0n) is 10.7. The van der Waals surface area contributed by atoms with Gasteiger partial charge in [0.15, 0.2) is 5.82 Å². The highest BCUT2D eigenvalue weighted by Crippen LogP contribution is 2.33. The molecule has 1 aromatic carbocycles. The highest BCUT2D eigenvalue weighted by atomic mass is 35.5. The van der Waals surface area contributed by atoms with Crippen molar-refractivity contribution in [2.24, 2.45) is 0 Å². The van der Waals surface area contributed by atoms with E-state index in [1.807, 2.05) is 19.0 Å². The van der Waals surface area contributed by atoms with Crippen LogP contribution in [0.15, 0.2) is 16.7 Å². The number of likely N-dealkylation sites (N-methyl/N-ethyl adjacent to an activating group) is 1. The summed E-state index contributed by atoms with van der Waals surface area (Å²) in [5.74, 6) is 0.954. The summed E-state index contributed by atoms with van der Waals surface area (Å²) in [6.45, 7) is 0.838. The van der Waals surface area contributed by atoms with Gasteiger partial charge in [-0.25, -0.2) is 0 Å². The Kier molecular flexibility index (Phi) is 4.29. The van der Waals surface area contributed by atoms with Crippen LogP contribution in [0.1, 0.15) is 5.82 Å². The van der Waals surface area contributed by atoms with Crippen molar-refractivity contribution in [3.05, 3.63) is 28.0 Å². The molecule has 0 atom stereocenters. The molecule has 0 fully saturated rings. The summed E-state index contributed by atoms with van der Waals surface area (Å²) in [4.78, 5) is 6.34. The molecule has 2 aromatic rings. The summed E-state index contributed by atoms with van der Waals surface area (Å²) in [6.07, 6.45) is 0.699. The van der Waals surface area contributed by atoms with E-state index in [2.05, 4.69) is 10.1 Å². The Morgan fingerprint density at radius 2 is 2.05 bits per heavy atom. The number of rotatable bonds is 4. The van der Waals surface area contributed by atoms with Crippen LogP contribution < -0.4 is 5.73 Å². The quantitative estimate of drug-likeness (QED) is 0.879. The summed E-state index contributed by atoms with van der Waals surface area (Å²) < 4.78 is 5.20. The molecule has 5 nitrogen and oxygen atoms in total. The van der Waals surface area contributed by atoms with Gasteiger partial charge in [-0.3, -0.25) is 0 Å². The standard InChI is InChI=1S/C12H14Cl2N4O/c1-18(2)4-3-10-16-12(19-17-10)8-5-7(13)6-9(14)11(8)15/h5-6H,3-4,15H2,1-2H3. The average Bonchev–Trinajstić information content (AvgIpc) is 2.79. The summed E-state index contributed by atoms with van der Waals surface area (Å²) in [6, 6.07) is 3.23. The van der Waals surface area contributed by atoms with Crippen molar-refractivity contribution in [3.8, 4) is 11.5 Å². The van der Waals surface area contributed by atoms with Crippen molar-refractivity contribution in [1.82, 2.24) is 15.0 Å². The van der Waals surface area contributed by atoms with E-state index in [0.29, 0.717) is 39.4 Å². The summed E-state index contributed by atoms with van der Waals surface area (Å²) in [7, 11) is 3.96. The molecular weight excluding hydrogens is 287 g/mol. The minimum Gasteiger partial charge on any atom is -0.397 e. The molecule has 0 aliphatic carbocycles. The Bertz CT molecular complexity index is 583. The van der Waals surface area contributed by atoms with Gasteiger partial charge in [-0.15, -0.1) is 0 Å². The third-order valence-corrected chi connectivity index (χ3v) is 3.11. The fourth-order valence-electron chi connectivity index (χ4n) is 1.55. The van der Waals surface area contributed by atoms with Crippen LogP contribution in [-0.2, 0) is 6.42 Å². The topological polar surface area (TPSA) is 68.2 Å². The van der Waals surface area contributed by atoms with E-state index in [9.17, 15) is 0 Å². The first kappa shape index (κ1) is 14.1. The monoisotopic (exact) mass is 300 g/mol. The van der Waals surface area contributed by atoms with Crippen molar-refractivity contribution in [2.45, 2.75) is 6.42 Å². The molecule has 102 valence electrons. The fraction of sp³-hybridized carbons (Fsp3) is 0.333. The van der Waals surface area contributed by atoms with Crippen LogP contribution in [0.2, 0.25) is 10.0 Å². The van der Waals surface area contributed by atoms with E-state index >= 15 is 0 Å². The predicted molar refractivity (Wildman–Crippen MR) is 76.4 cm³/mol. The molecule has 0 spiro atoms. The zero-order chi connectivity index (χ0) is 14.0. The van der Waals surface area contributed by atoms with Gasteiger partial charge in [0.1, 0.15) is 0 Å². The Morgan fingerprint density at radius 1 is 1.32 bits per heavy atom. The van der Waals surface area contributed by atoms with Crippen molar-refractivity contribution in [1.29, 1.82) is 0 Å². The number of nitrogen functional groups attached to an aromatic ring is 1. The lowest BCUT2D eigenvalue weighted by Gasteiger charge is -2.05. The summed E-state index contributed by atoms with van der Waals surface area (Å²) in [5, 5.41) is 4.76. The lowest BCUT2D eigenvalue weighted by atomic mass is 10.2. The van der Waals surface area contributed by atoms with Crippen LogP contribution in [-0.4, -0.2) is 35.7 Å². The second kappa shape index (κ2) is 5.77. The molecule has 19 heavy (non-hydrogen) atoms. The van der Waals surface area contributed by atoms with E-state index in [1.54, 1.807) is 12.1 Å². The van der Waals surface area contributed by atoms with Gasteiger partial charge in [0.05, 0.1) is 16.3 Å². The van der Waals surface area contributed by atoms with Gasteiger partial charge in [0.2, 0.25) is 0 Å². The van der Waals surface area contributed by atoms with Gasteiger partial charge < -0.3 is 15.2 Å². The van der Waals surface area contributed by atoms with E-state index in [1.165, 1.54) is 0 Å². The Morgan fingerprint density at radius 3 is 2.74 bits per heavy atom. The number of benzene rings is 1. The predicted octanol–water partition coefficient (Wildman–Crippen LogP) is 2.73. The Balaban J connectivity index is 2.28. The lowest BCUT2D eigenvalue weighted by Crippen LogP contribution is -2.15. The number of hydrogen-bond acceptors (Lipinski definition) is 5. The van der Waals surface area contributed by atoms with Gasteiger partial charge in [0, 0.05) is 18.0 Å². The Hall–Kier alpha value is -1.30. The molecule has 0 amide bonds. The largest absolute Gasteiger partial charge is 0.397 e. The number of aromatic nitrogens is 2. The highest BCUT2D eigenvalue weighted by Gasteiger charge is 2.15. The normalized spacial score (nSPS) is 11.2. The molecule has 0 bridgehead atoms. The first-order valence-electron chi connectivity index (χ1n) is 5.69. The summed E-state index contributed by atoms with van der Waals surface area (Å²) in [5.41, 5.74) is 6.83. The lowest BCUT2D eigenvalue weighted by molar-refractivity contribution is 0.392. The van der Waals surface area contributed by atoms with E-state index in [0.717, 1.165) is 6.54 Å². The molecule has 0 aliphatic rings. The van der Waals surface area contributed by atoms with Gasteiger partial charge in [-0.2, -0.15) is 4.98 Å². The molecule has 0 unspecified atom stereocenters. The molecular formula is C12H14Cl2N4O. The second-order valence-corrected chi connectivity index (χ2v) is 5.26. The summed E-state index contributed by atoms with van der Waals surface area (Å²) >= 11 is 11.9. The molecule has 0 saturated heterocycles. The van der Waals surface area contributed by atoms with Gasteiger partial charge in [-0.1, -0.05) is 28.4 Å². The second-order valence-electron chi connectivity index (χ2n) is 4.42. The zero-order valence-corrected chi connectivity index (χ0v) is 12.2. The van der Waals surface area contributed by atoms with Gasteiger partial charge >= 0.3 is 0 Å². The van der Waals surface area contributed by atoms with Crippen LogP contribution in [0, 0.1) is 0 Å². The molecule has 0 saturated carbocycles. The molecule has 1 heterocycles. The van der Waals surface area contributed by atoms with Crippen molar-refractivity contribution in [3.63, 3.8) is 0 Å². The maximum atomic E-state index is 5.97. The molecule has 0 aliphatic heterocycles. The van der Waals surface area contributed by atoms with Crippen LogP contribution in [0.5, 0.6) is 0 Å². The van der Waals surface area contributed by atoms with Crippen LogP contribution in [0.4, 0.5) is 5.69 Å². The van der Waals surface area contributed by atoms with Crippen LogP contribution in [0.25, 0.3) is 11.5 Å².